The van der Waals surface area contributed by atoms with E-state index >= 15 is 0 Å². The van der Waals surface area contributed by atoms with Gasteiger partial charge in [-0.1, -0.05) is 0 Å². The monoisotopic (exact) mass is 396 g/mol. The first-order valence-corrected chi connectivity index (χ1v) is 9.39. The maximum atomic E-state index is 13.9. The molecule has 0 saturated heterocycles. The van der Waals surface area contributed by atoms with Crippen LogP contribution in [0.2, 0.25) is 0 Å². The summed E-state index contributed by atoms with van der Waals surface area (Å²) in [4.78, 5) is 15.4. The highest BCUT2D eigenvalue weighted by atomic mass is 32.2. The van der Waals surface area contributed by atoms with Gasteiger partial charge in [-0.15, -0.1) is 11.8 Å². The summed E-state index contributed by atoms with van der Waals surface area (Å²) in [6.07, 6.45) is 2.04. The third kappa shape index (κ3) is 4.51. The number of rotatable bonds is 7. The Morgan fingerprint density at radius 1 is 1.44 bits per heavy atom. The molecule has 0 saturated carbocycles. The van der Waals surface area contributed by atoms with Gasteiger partial charge in [0, 0.05) is 18.2 Å². The Bertz CT molecular complexity index is 872. The Morgan fingerprint density at radius 2 is 2.26 bits per heavy atom. The van der Waals surface area contributed by atoms with Crippen LogP contribution in [0.3, 0.4) is 0 Å². The molecule has 1 aliphatic rings. The number of aliphatic imine (C=N–C) groups is 1. The van der Waals surface area contributed by atoms with Gasteiger partial charge in [0.15, 0.2) is 16.6 Å². The molecule has 1 atom stereocenters. The van der Waals surface area contributed by atoms with Crippen molar-refractivity contribution >= 4 is 23.4 Å². The summed E-state index contributed by atoms with van der Waals surface area (Å²) < 4.78 is 32.2. The van der Waals surface area contributed by atoms with E-state index in [0.717, 1.165) is 6.07 Å². The number of thioether (sulfide) groups is 1. The number of benzene rings is 1. The largest absolute Gasteiger partial charge is 0.300 e. The number of carbonyl (C=O) groups excluding carboxylic acids is 1. The molecule has 0 spiro atoms. The van der Waals surface area contributed by atoms with Crippen molar-refractivity contribution in [3.63, 3.8) is 0 Å². The molecule has 7 nitrogen and oxygen atoms in total. The predicted molar refractivity (Wildman–Crippen MR) is 93.8 cm³/mol. The van der Waals surface area contributed by atoms with E-state index in [-0.39, 0.29) is 17.3 Å². The number of aromatic nitrogens is 2. The smallest absolute Gasteiger partial charge is 0.185 e. The summed E-state index contributed by atoms with van der Waals surface area (Å²) in [7, 11) is 0. The minimum absolute atomic E-state index is 0.00726. The molecule has 0 aliphatic heterocycles. The Kier molecular flexibility index (Phi) is 6.17. The molecular weight excluding hydrogens is 378 g/mol. The molecule has 27 heavy (non-hydrogen) atoms. The zero-order valence-corrected chi connectivity index (χ0v) is 15.4. The lowest BCUT2D eigenvalue weighted by atomic mass is 10.1. The SMILES string of the molecule is CC(=O)CCCSc1nonc1C(=NC1CCc2c(F)cc(F)cc21)NO. The van der Waals surface area contributed by atoms with Gasteiger partial charge in [0.2, 0.25) is 0 Å². The molecule has 10 heteroatoms. The number of carbonyl (C=O) groups is 1. The molecule has 1 aromatic heterocycles. The predicted octanol–water partition coefficient (Wildman–Crippen LogP) is 3.22. The van der Waals surface area contributed by atoms with Crippen molar-refractivity contribution in [1.29, 1.82) is 0 Å². The van der Waals surface area contributed by atoms with Gasteiger partial charge < -0.3 is 4.79 Å². The normalized spacial score (nSPS) is 16.4. The second-order valence-corrected chi connectivity index (χ2v) is 7.26. The lowest BCUT2D eigenvalue weighted by Crippen LogP contribution is -2.22. The van der Waals surface area contributed by atoms with E-state index in [0.29, 0.717) is 47.6 Å². The number of Topliss-reactive ketones (excluding diaryl/α,β-unsaturated/α-hetero) is 1. The fourth-order valence-electron chi connectivity index (χ4n) is 2.96. The van der Waals surface area contributed by atoms with Gasteiger partial charge in [0.1, 0.15) is 17.4 Å². The molecule has 144 valence electrons. The summed E-state index contributed by atoms with van der Waals surface area (Å²) in [6, 6.07) is 1.59. The van der Waals surface area contributed by atoms with Crippen molar-refractivity contribution in [2.24, 2.45) is 4.99 Å². The zero-order chi connectivity index (χ0) is 19.4. The second kappa shape index (κ2) is 8.57. The van der Waals surface area contributed by atoms with E-state index in [1.165, 1.54) is 24.8 Å². The Hall–Kier alpha value is -2.33. The van der Waals surface area contributed by atoms with Gasteiger partial charge in [0.05, 0.1) is 6.04 Å². The number of nitrogens with one attached hydrogen (secondary N) is 1. The first-order valence-electron chi connectivity index (χ1n) is 8.40. The number of hydrogen-bond acceptors (Lipinski definition) is 7. The van der Waals surface area contributed by atoms with E-state index in [1.807, 2.05) is 5.48 Å². The van der Waals surface area contributed by atoms with Crippen molar-refractivity contribution in [2.45, 2.75) is 43.7 Å². The highest BCUT2D eigenvalue weighted by Crippen LogP contribution is 2.36. The van der Waals surface area contributed by atoms with Crippen molar-refractivity contribution < 1.29 is 23.4 Å². The second-order valence-electron chi connectivity index (χ2n) is 6.17. The summed E-state index contributed by atoms with van der Waals surface area (Å²) in [5.41, 5.74) is 3.06. The Balaban J connectivity index is 1.79. The average Bonchev–Trinajstić information content (AvgIpc) is 3.23. The Labute approximate surface area is 158 Å². The molecule has 1 heterocycles. The molecule has 1 aliphatic carbocycles. The van der Waals surface area contributed by atoms with E-state index in [4.69, 9.17) is 4.63 Å². The summed E-state index contributed by atoms with van der Waals surface area (Å²) in [5.74, 6) is -0.536. The lowest BCUT2D eigenvalue weighted by molar-refractivity contribution is -0.117. The molecule has 2 N–H and O–H groups in total. The van der Waals surface area contributed by atoms with E-state index < -0.39 is 17.7 Å². The summed E-state index contributed by atoms with van der Waals surface area (Å²) in [6.45, 7) is 1.53. The molecule has 1 aromatic carbocycles. The van der Waals surface area contributed by atoms with Gasteiger partial charge in [0.25, 0.3) is 0 Å². The number of amidine groups is 1. The third-order valence-electron chi connectivity index (χ3n) is 4.21. The maximum absolute atomic E-state index is 13.9. The van der Waals surface area contributed by atoms with E-state index in [1.54, 1.807) is 0 Å². The van der Waals surface area contributed by atoms with Crippen molar-refractivity contribution in [3.8, 4) is 0 Å². The van der Waals surface area contributed by atoms with Gasteiger partial charge in [-0.05, 0) is 53.7 Å². The molecule has 0 amide bonds. The van der Waals surface area contributed by atoms with Gasteiger partial charge in [-0.3, -0.25) is 15.7 Å². The van der Waals surface area contributed by atoms with Crippen LogP contribution >= 0.6 is 11.8 Å². The van der Waals surface area contributed by atoms with Crippen molar-refractivity contribution in [2.75, 3.05) is 5.75 Å². The molecule has 0 bridgehead atoms. The number of ketones is 1. The Morgan fingerprint density at radius 3 is 3.00 bits per heavy atom. The van der Waals surface area contributed by atoms with Crippen LogP contribution < -0.4 is 5.48 Å². The summed E-state index contributed by atoms with van der Waals surface area (Å²) >= 11 is 1.32. The number of hydrogen-bond donors (Lipinski definition) is 2. The standard InChI is InChI=1S/C17H18F2N4O3S/c1-9(24)3-2-6-27-17-15(22-26-23-17)16(21-25)20-14-5-4-11-12(14)7-10(18)8-13(11)19/h7-8,14,25H,2-6H2,1H3,(H,20,21). The van der Waals surface area contributed by atoms with Crippen LogP contribution in [0.1, 0.15) is 49.0 Å². The van der Waals surface area contributed by atoms with E-state index in [9.17, 15) is 18.8 Å². The first-order chi connectivity index (χ1) is 13.0. The molecule has 1 unspecified atom stereocenters. The van der Waals surface area contributed by atoms with Crippen LogP contribution in [0.15, 0.2) is 26.8 Å². The molecule has 3 rings (SSSR count). The van der Waals surface area contributed by atoms with Crippen LogP contribution in [0.4, 0.5) is 8.78 Å². The number of nitrogens with zero attached hydrogens (tertiary/aromatic N) is 3. The highest BCUT2D eigenvalue weighted by molar-refractivity contribution is 7.99. The topological polar surface area (TPSA) is 101 Å². The van der Waals surface area contributed by atoms with Crippen molar-refractivity contribution in [3.05, 3.63) is 40.6 Å². The van der Waals surface area contributed by atoms with Crippen LogP contribution in [0.5, 0.6) is 0 Å². The number of hydroxylamine groups is 1. The lowest BCUT2D eigenvalue weighted by Gasteiger charge is -2.10. The van der Waals surface area contributed by atoms with Crippen LogP contribution in [-0.4, -0.2) is 32.9 Å². The van der Waals surface area contributed by atoms with Gasteiger partial charge in [-0.25, -0.2) is 13.4 Å². The van der Waals surface area contributed by atoms with E-state index in [2.05, 4.69) is 15.3 Å². The van der Waals surface area contributed by atoms with Crippen LogP contribution in [-0.2, 0) is 11.2 Å². The van der Waals surface area contributed by atoms with Gasteiger partial charge in [-0.2, -0.15) is 0 Å². The van der Waals surface area contributed by atoms with Gasteiger partial charge >= 0.3 is 0 Å². The average molecular weight is 396 g/mol. The molecule has 0 fully saturated rings. The van der Waals surface area contributed by atoms with Crippen LogP contribution in [0.25, 0.3) is 0 Å². The van der Waals surface area contributed by atoms with Crippen LogP contribution in [0, 0.1) is 11.6 Å². The minimum Gasteiger partial charge on any atom is -0.300 e. The minimum atomic E-state index is -0.670. The summed E-state index contributed by atoms with van der Waals surface area (Å²) in [5, 5.41) is 17.4. The molecular formula is C17H18F2N4O3S. The van der Waals surface area contributed by atoms with Crippen molar-refractivity contribution in [1.82, 2.24) is 15.8 Å². The highest BCUT2D eigenvalue weighted by Gasteiger charge is 2.27. The number of halogens is 2. The zero-order valence-electron chi connectivity index (χ0n) is 14.5. The molecule has 2 aromatic rings. The third-order valence-corrected chi connectivity index (χ3v) is 5.24. The number of fused-ring (bicyclic) bond motifs is 1. The fraction of sp³-hybridized carbons (Fsp3) is 0.412. The first kappa shape index (κ1) is 19.4. The molecule has 0 radical (unpaired) electrons. The fourth-order valence-corrected chi connectivity index (χ4v) is 3.80. The maximum Gasteiger partial charge on any atom is 0.185 e. The quantitative estimate of drug-likeness (QED) is 0.244.